The van der Waals surface area contributed by atoms with Crippen molar-refractivity contribution in [1.82, 2.24) is 5.32 Å². The summed E-state index contributed by atoms with van der Waals surface area (Å²) >= 11 is 0. The van der Waals surface area contributed by atoms with E-state index in [1.807, 2.05) is 5.32 Å². The number of carbonyl (C=O) groups excluding carboxylic acids is 2. The van der Waals surface area contributed by atoms with E-state index < -0.39 is 48.9 Å². The van der Waals surface area contributed by atoms with E-state index in [0.29, 0.717) is 0 Å². The second-order valence-corrected chi connectivity index (χ2v) is 5.19. The summed E-state index contributed by atoms with van der Waals surface area (Å²) in [5.41, 5.74) is 0. The van der Waals surface area contributed by atoms with E-state index in [1.54, 1.807) is 13.8 Å². The lowest BCUT2D eigenvalue weighted by Crippen LogP contribution is -2.56. The molecule has 0 radical (unpaired) electrons. The Hall–Kier alpha value is -1.26. The van der Waals surface area contributed by atoms with Crippen molar-refractivity contribution in [1.29, 1.82) is 0 Å². The van der Waals surface area contributed by atoms with Crippen molar-refractivity contribution in [3.05, 3.63) is 0 Å². The number of rotatable bonds is 9. The third-order valence-electron chi connectivity index (χ3n) is 2.83. The number of aliphatic hydroxyl groups is 5. The molecule has 0 aliphatic rings. The molecule has 0 heterocycles. The summed E-state index contributed by atoms with van der Waals surface area (Å²) in [5.74, 6) is -2.85. The van der Waals surface area contributed by atoms with Gasteiger partial charge in [0.05, 0.1) is 18.6 Å². The molecule has 0 bridgehead atoms. The van der Waals surface area contributed by atoms with E-state index in [2.05, 4.69) is 0 Å². The van der Waals surface area contributed by atoms with Gasteiger partial charge >= 0.3 is 0 Å². The maximum atomic E-state index is 11.6. The van der Waals surface area contributed by atoms with Crippen molar-refractivity contribution < 1.29 is 40.2 Å². The van der Waals surface area contributed by atoms with Crippen LogP contribution in [0.2, 0.25) is 0 Å². The van der Waals surface area contributed by atoms with Gasteiger partial charge in [0.2, 0.25) is 0 Å². The molecule has 0 rings (SSSR count). The fourth-order valence-corrected chi connectivity index (χ4v) is 1.62. The Bertz CT molecular complexity index is 348. The summed E-state index contributed by atoms with van der Waals surface area (Å²) in [6, 6.07) is -1.36. The van der Waals surface area contributed by atoms with Crippen LogP contribution in [0.4, 0.5) is 0 Å². The topological polar surface area (TPSA) is 170 Å². The first-order chi connectivity index (χ1) is 9.61. The summed E-state index contributed by atoms with van der Waals surface area (Å²) in [6.07, 6.45) is -7.93. The Morgan fingerprint density at radius 1 is 1.10 bits per heavy atom. The van der Waals surface area contributed by atoms with Crippen molar-refractivity contribution in [2.75, 3.05) is 6.61 Å². The first-order valence-corrected chi connectivity index (χ1v) is 6.46. The van der Waals surface area contributed by atoms with Gasteiger partial charge in [0, 0.05) is 0 Å². The summed E-state index contributed by atoms with van der Waals surface area (Å²) in [6.45, 7) is 2.55. The van der Waals surface area contributed by atoms with Gasteiger partial charge in [-0.25, -0.2) is 0 Å². The van der Waals surface area contributed by atoms with Crippen LogP contribution in [0.15, 0.2) is 0 Å². The smallest absolute Gasteiger partial charge is 0.252 e. The first-order valence-electron chi connectivity index (χ1n) is 6.46. The molecule has 0 fully saturated rings. The van der Waals surface area contributed by atoms with Crippen molar-refractivity contribution in [3.8, 4) is 0 Å². The number of carbonyl (C=O) groups is 2. The molecule has 0 saturated heterocycles. The van der Waals surface area contributed by atoms with E-state index in [4.69, 9.17) is 10.2 Å². The molecular weight excluding hydrogens is 286 g/mol. The van der Waals surface area contributed by atoms with Gasteiger partial charge < -0.3 is 40.8 Å². The minimum atomic E-state index is -2.17. The molecule has 124 valence electrons. The minimum Gasteiger partial charge on any atom is -0.548 e. The van der Waals surface area contributed by atoms with E-state index in [0.717, 1.165) is 0 Å². The lowest BCUT2D eigenvalue weighted by atomic mass is 10.0. The Labute approximate surface area is 121 Å². The predicted octanol–water partition coefficient (Wildman–Crippen LogP) is -4.30. The maximum Gasteiger partial charge on any atom is 0.252 e. The second-order valence-electron chi connectivity index (χ2n) is 5.19. The molecule has 9 heteroatoms. The van der Waals surface area contributed by atoms with Gasteiger partial charge in [-0.15, -0.1) is 0 Å². The summed E-state index contributed by atoms with van der Waals surface area (Å²) in [4.78, 5) is 22.5. The van der Waals surface area contributed by atoms with Crippen LogP contribution in [-0.2, 0) is 9.59 Å². The molecule has 0 aliphatic carbocycles. The largest absolute Gasteiger partial charge is 0.548 e. The highest BCUT2D eigenvalue weighted by molar-refractivity contribution is 5.86. The highest BCUT2D eigenvalue weighted by atomic mass is 16.4. The van der Waals surface area contributed by atoms with Crippen LogP contribution in [0.1, 0.15) is 20.3 Å². The minimum absolute atomic E-state index is 0.0543. The van der Waals surface area contributed by atoms with Gasteiger partial charge in [0.15, 0.2) is 6.10 Å². The molecular formula is C12H22NO8-. The predicted molar refractivity (Wildman–Crippen MR) is 67.5 cm³/mol. The molecule has 0 unspecified atom stereocenters. The number of aliphatic hydroxyl groups excluding tert-OH is 5. The van der Waals surface area contributed by atoms with Crippen LogP contribution in [0.5, 0.6) is 0 Å². The SMILES string of the molecule is CC(C)C[C@@H](NC(=O)[C@H](O)[C@H](O)[C@H](O)[C@H](O)CO)C(=O)[O-]. The fraction of sp³-hybridized carbons (Fsp3) is 0.833. The molecule has 0 saturated carbocycles. The Balaban J connectivity index is 4.71. The van der Waals surface area contributed by atoms with Crippen molar-refractivity contribution in [2.24, 2.45) is 5.92 Å². The van der Waals surface area contributed by atoms with Crippen LogP contribution in [-0.4, -0.2) is 74.5 Å². The zero-order valence-electron chi connectivity index (χ0n) is 11.8. The van der Waals surface area contributed by atoms with Crippen molar-refractivity contribution in [3.63, 3.8) is 0 Å². The zero-order valence-corrected chi connectivity index (χ0v) is 11.8. The number of aliphatic carboxylic acids is 1. The summed E-state index contributed by atoms with van der Waals surface area (Å²) < 4.78 is 0. The lowest BCUT2D eigenvalue weighted by molar-refractivity contribution is -0.308. The molecule has 9 nitrogen and oxygen atoms in total. The van der Waals surface area contributed by atoms with Gasteiger partial charge in [-0.3, -0.25) is 4.79 Å². The monoisotopic (exact) mass is 308 g/mol. The van der Waals surface area contributed by atoms with Gasteiger partial charge in [-0.1, -0.05) is 13.8 Å². The van der Waals surface area contributed by atoms with Gasteiger partial charge in [-0.05, 0) is 12.3 Å². The zero-order chi connectivity index (χ0) is 16.7. The van der Waals surface area contributed by atoms with E-state index in [-0.39, 0.29) is 12.3 Å². The van der Waals surface area contributed by atoms with Crippen LogP contribution in [0.25, 0.3) is 0 Å². The highest BCUT2D eigenvalue weighted by Gasteiger charge is 2.34. The number of hydrogen-bond acceptors (Lipinski definition) is 8. The maximum absolute atomic E-state index is 11.6. The van der Waals surface area contributed by atoms with Crippen LogP contribution < -0.4 is 10.4 Å². The summed E-state index contributed by atoms with van der Waals surface area (Å²) in [7, 11) is 0. The quantitative estimate of drug-likeness (QED) is 0.248. The Morgan fingerprint density at radius 2 is 1.62 bits per heavy atom. The molecule has 0 aromatic rings. The highest BCUT2D eigenvalue weighted by Crippen LogP contribution is 2.08. The molecule has 0 aromatic heterocycles. The van der Waals surface area contributed by atoms with Crippen LogP contribution >= 0.6 is 0 Å². The second kappa shape index (κ2) is 8.90. The van der Waals surface area contributed by atoms with Crippen LogP contribution in [0.3, 0.4) is 0 Å². The van der Waals surface area contributed by atoms with Gasteiger partial charge in [0.1, 0.15) is 18.3 Å². The molecule has 6 N–H and O–H groups in total. The Kier molecular flexibility index (Phi) is 8.37. The van der Waals surface area contributed by atoms with Crippen LogP contribution in [0, 0.1) is 5.92 Å². The Morgan fingerprint density at radius 3 is 2.00 bits per heavy atom. The van der Waals surface area contributed by atoms with E-state index in [9.17, 15) is 30.0 Å². The molecule has 0 aliphatic heterocycles. The van der Waals surface area contributed by atoms with Crippen molar-refractivity contribution >= 4 is 11.9 Å². The fourth-order valence-electron chi connectivity index (χ4n) is 1.62. The molecule has 21 heavy (non-hydrogen) atoms. The number of carboxylic acids is 1. The van der Waals surface area contributed by atoms with Gasteiger partial charge in [0.25, 0.3) is 5.91 Å². The third kappa shape index (κ3) is 6.36. The average molecular weight is 308 g/mol. The average Bonchev–Trinajstić information content (AvgIpc) is 2.42. The van der Waals surface area contributed by atoms with Gasteiger partial charge in [-0.2, -0.15) is 0 Å². The molecule has 5 atom stereocenters. The third-order valence-corrected chi connectivity index (χ3v) is 2.83. The van der Waals surface area contributed by atoms with E-state index in [1.165, 1.54) is 0 Å². The molecule has 0 spiro atoms. The molecule has 1 amide bonds. The van der Waals surface area contributed by atoms with E-state index >= 15 is 0 Å². The lowest BCUT2D eigenvalue weighted by Gasteiger charge is -2.27. The number of amides is 1. The molecule has 0 aromatic carbocycles. The normalized spacial score (nSPS) is 18.7. The number of carboxylic acid groups (broad SMARTS) is 1. The summed E-state index contributed by atoms with van der Waals surface area (Å²) in [5, 5.41) is 58.9. The first kappa shape index (κ1) is 19.7. The standard InChI is InChI=1S/C12H23NO8/c1-5(2)3-6(12(20)21)13-11(19)10(18)9(17)8(16)7(15)4-14/h5-10,14-18H,3-4H2,1-2H3,(H,13,19)(H,20,21)/p-1/t6-,7-,8-,9-,10-/m1/s1. The number of hydrogen-bond donors (Lipinski definition) is 6. The number of nitrogens with one attached hydrogen (secondary N) is 1. The van der Waals surface area contributed by atoms with Crippen molar-refractivity contribution in [2.45, 2.75) is 50.7 Å².